The lowest BCUT2D eigenvalue weighted by Crippen LogP contribution is -2.46. The Kier molecular flexibility index (Phi) is 3.75. The van der Waals surface area contributed by atoms with Crippen molar-refractivity contribution in [2.45, 2.75) is 13.0 Å². The summed E-state index contributed by atoms with van der Waals surface area (Å²) in [7, 11) is 0. The first-order valence-corrected chi connectivity index (χ1v) is 5.82. The van der Waals surface area contributed by atoms with E-state index in [2.05, 4.69) is 0 Å². The van der Waals surface area contributed by atoms with Crippen LogP contribution in [0.3, 0.4) is 0 Å². The van der Waals surface area contributed by atoms with Crippen LogP contribution >= 0.6 is 0 Å². The number of aliphatic carboxylic acids is 1. The van der Waals surface area contributed by atoms with Gasteiger partial charge in [0.25, 0.3) is 0 Å². The van der Waals surface area contributed by atoms with Crippen LogP contribution in [0.1, 0.15) is 12.0 Å². The maximum atomic E-state index is 13.4. The van der Waals surface area contributed by atoms with Gasteiger partial charge in [0.15, 0.2) is 0 Å². The second-order valence-corrected chi connectivity index (χ2v) is 4.70. The predicted molar refractivity (Wildman–Crippen MR) is 64.1 cm³/mol. The van der Waals surface area contributed by atoms with Crippen molar-refractivity contribution in [2.24, 2.45) is 5.92 Å². The summed E-state index contributed by atoms with van der Waals surface area (Å²) in [5.41, 5.74) is 0.119. The highest BCUT2D eigenvalue weighted by Gasteiger charge is 2.28. The number of carbonyl (C=O) groups is 1. The molecule has 2 rings (SSSR count). The van der Waals surface area contributed by atoms with E-state index in [1.165, 1.54) is 6.07 Å². The van der Waals surface area contributed by atoms with E-state index in [0.717, 1.165) is 12.1 Å². The second kappa shape index (κ2) is 5.31. The number of nitrogens with zero attached hydrogens (tertiary/aromatic N) is 2. The summed E-state index contributed by atoms with van der Waals surface area (Å²) >= 11 is 0. The Bertz CT molecular complexity index is 514. The fraction of sp³-hybridized carbons (Fsp3) is 0.417. The van der Waals surface area contributed by atoms with Crippen LogP contribution in [0, 0.1) is 21.8 Å². The number of rotatable bonds is 5. The van der Waals surface area contributed by atoms with E-state index in [-0.39, 0.29) is 12.3 Å². The molecule has 1 heterocycles. The van der Waals surface area contributed by atoms with Crippen molar-refractivity contribution in [2.75, 3.05) is 13.1 Å². The second-order valence-electron chi connectivity index (χ2n) is 4.70. The van der Waals surface area contributed by atoms with Gasteiger partial charge in [-0.3, -0.25) is 19.8 Å². The summed E-state index contributed by atoms with van der Waals surface area (Å²) < 4.78 is 13.4. The number of hydrogen-bond donors (Lipinski definition) is 1. The minimum Gasteiger partial charge on any atom is -0.481 e. The summed E-state index contributed by atoms with van der Waals surface area (Å²) in [5.74, 6) is -1.52. The van der Waals surface area contributed by atoms with Crippen LogP contribution in [-0.4, -0.2) is 34.0 Å². The lowest BCUT2D eigenvalue weighted by Gasteiger charge is -2.38. The quantitative estimate of drug-likeness (QED) is 0.648. The molecule has 1 aromatic carbocycles. The third-order valence-electron chi connectivity index (χ3n) is 3.11. The van der Waals surface area contributed by atoms with E-state index >= 15 is 0 Å². The standard InChI is InChI=1S/C12H13FN2O4/c13-10-3-8(1-2-11(10)15(18)19)5-14-6-9(7-14)4-12(16)17/h1-3,9H,4-7H2,(H,16,17). The molecule has 1 aromatic rings. The highest BCUT2D eigenvalue weighted by atomic mass is 19.1. The highest BCUT2D eigenvalue weighted by molar-refractivity contribution is 5.67. The van der Waals surface area contributed by atoms with Crippen LogP contribution in [0.15, 0.2) is 18.2 Å². The van der Waals surface area contributed by atoms with Gasteiger partial charge in [0.1, 0.15) is 0 Å². The first-order valence-electron chi connectivity index (χ1n) is 5.82. The molecule has 0 amide bonds. The molecule has 0 aliphatic carbocycles. The molecule has 102 valence electrons. The Labute approximate surface area is 108 Å². The summed E-state index contributed by atoms with van der Waals surface area (Å²) in [4.78, 5) is 22.2. The Morgan fingerprint density at radius 1 is 1.53 bits per heavy atom. The Balaban J connectivity index is 1.90. The largest absolute Gasteiger partial charge is 0.481 e. The van der Waals surface area contributed by atoms with Crippen molar-refractivity contribution < 1.29 is 19.2 Å². The van der Waals surface area contributed by atoms with Crippen molar-refractivity contribution in [3.63, 3.8) is 0 Å². The summed E-state index contributed by atoms with van der Waals surface area (Å²) in [5, 5.41) is 19.1. The minimum atomic E-state index is -0.842. The molecule has 1 aliphatic rings. The van der Waals surface area contributed by atoms with Crippen molar-refractivity contribution in [1.29, 1.82) is 0 Å². The number of likely N-dealkylation sites (tertiary alicyclic amines) is 1. The molecule has 1 fully saturated rings. The van der Waals surface area contributed by atoms with Gasteiger partial charge in [0.05, 0.1) is 11.3 Å². The fourth-order valence-corrected chi connectivity index (χ4v) is 2.24. The van der Waals surface area contributed by atoms with Crippen molar-refractivity contribution >= 4 is 11.7 Å². The summed E-state index contributed by atoms with van der Waals surface area (Å²) in [6.45, 7) is 1.79. The number of benzene rings is 1. The van der Waals surface area contributed by atoms with Gasteiger partial charge in [0.2, 0.25) is 5.82 Å². The molecule has 0 aromatic heterocycles. The molecule has 7 heteroatoms. The van der Waals surface area contributed by atoms with Gasteiger partial charge < -0.3 is 5.11 Å². The number of carboxylic acid groups (broad SMARTS) is 1. The van der Waals surface area contributed by atoms with Crippen LogP contribution in [0.25, 0.3) is 0 Å². The minimum absolute atomic E-state index is 0.139. The smallest absolute Gasteiger partial charge is 0.304 e. The van der Waals surface area contributed by atoms with Crippen molar-refractivity contribution in [3.8, 4) is 0 Å². The van der Waals surface area contributed by atoms with Crippen LogP contribution < -0.4 is 0 Å². The Morgan fingerprint density at radius 3 is 2.74 bits per heavy atom. The molecular formula is C12H13FN2O4. The normalized spacial score (nSPS) is 16.1. The first kappa shape index (κ1) is 13.4. The van der Waals surface area contributed by atoms with Crippen LogP contribution in [-0.2, 0) is 11.3 Å². The molecule has 0 spiro atoms. The third kappa shape index (κ3) is 3.25. The number of nitro benzene ring substituents is 1. The van der Waals surface area contributed by atoms with Crippen molar-refractivity contribution in [3.05, 3.63) is 39.7 Å². The van der Waals surface area contributed by atoms with E-state index in [0.29, 0.717) is 25.2 Å². The zero-order valence-electron chi connectivity index (χ0n) is 10.1. The van der Waals surface area contributed by atoms with Gasteiger partial charge in [-0.15, -0.1) is 0 Å². The van der Waals surface area contributed by atoms with E-state index in [1.54, 1.807) is 0 Å². The van der Waals surface area contributed by atoms with Crippen LogP contribution in [0.4, 0.5) is 10.1 Å². The maximum Gasteiger partial charge on any atom is 0.304 e. The molecule has 0 radical (unpaired) electrons. The highest BCUT2D eigenvalue weighted by Crippen LogP contribution is 2.23. The zero-order chi connectivity index (χ0) is 14.0. The number of nitro groups is 1. The first-order chi connectivity index (χ1) is 8.95. The molecule has 0 saturated carbocycles. The monoisotopic (exact) mass is 268 g/mol. The Hall–Kier alpha value is -2.02. The SMILES string of the molecule is O=C(O)CC1CN(Cc2ccc([N+](=O)[O-])c(F)c2)C1. The molecule has 6 nitrogen and oxygen atoms in total. The predicted octanol–water partition coefficient (Wildman–Crippen LogP) is 1.64. The van der Waals surface area contributed by atoms with E-state index in [9.17, 15) is 19.3 Å². The van der Waals surface area contributed by atoms with Gasteiger partial charge in [-0.2, -0.15) is 4.39 Å². The van der Waals surface area contributed by atoms with E-state index in [1.807, 2.05) is 4.90 Å². The number of halogens is 1. The lowest BCUT2D eigenvalue weighted by atomic mass is 9.96. The molecule has 1 saturated heterocycles. The van der Waals surface area contributed by atoms with Crippen molar-refractivity contribution in [1.82, 2.24) is 4.90 Å². The zero-order valence-corrected chi connectivity index (χ0v) is 10.1. The summed E-state index contributed by atoms with van der Waals surface area (Å²) in [6.07, 6.45) is 0.144. The van der Waals surface area contributed by atoms with Gasteiger partial charge in [0, 0.05) is 25.7 Å². The average Bonchev–Trinajstić information content (AvgIpc) is 2.25. The Morgan fingerprint density at radius 2 is 2.21 bits per heavy atom. The molecule has 1 aliphatic heterocycles. The molecular weight excluding hydrogens is 255 g/mol. The van der Waals surface area contributed by atoms with Gasteiger partial charge in [-0.1, -0.05) is 6.07 Å². The third-order valence-corrected chi connectivity index (χ3v) is 3.11. The van der Waals surface area contributed by atoms with E-state index < -0.39 is 22.4 Å². The molecule has 0 unspecified atom stereocenters. The van der Waals surface area contributed by atoms with Gasteiger partial charge in [-0.05, 0) is 17.5 Å². The maximum absolute atomic E-state index is 13.4. The van der Waals surface area contributed by atoms with Crippen LogP contribution in [0.2, 0.25) is 0 Å². The van der Waals surface area contributed by atoms with Gasteiger partial charge in [-0.25, -0.2) is 0 Å². The number of hydrogen-bond acceptors (Lipinski definition) is 4. The lowest BCUT2D eigenvalue weighted by molar-refractivity contribution is -0.387. The average molecular weight is 268 g/mol. The fourth-order valence-electron chi connectivity index (χ4n) is 2.24. The molecule has 0 atom stereocenters. The van der Waals surface area contributed by atoms with E-state index in [4.69, 9.17) is 5.11 Å². The summed E-state index contributed by atoms with van der Waals surface area (Å²) in [6, 6.07) is 3.83. The molecule has 19 heavy (non-hydrogen) atoms. The molecule has 0 bridgehead atoms. The topological polar surface area (TPSA) is 83.7 Å². The van der Waals surface area contributed by atoms with Gasteiger partial charge >= 0.3 is 11.7 Å². The molecule has 1 N–H and O–H groups in total. The number of carboxylic acids is 1. The van der Waals surface area contributed by atoms with Crippen LogP contribution in [0.5, 0.6) is 0 Å².